The van der Waals surface area contributed by atoms with Crippen LogP contribution in [-0.2, 0) is 5.75 Å². The summed E-state index contributed by atoms with van der Waals surface area (Å²) < 4.78 is 0. The van der Waals surface area contributed by atoms with E-state index < -0.39 is 5.91 Å². The number of aryl methyl sites for hydroxylation is 2. The number of carbonyl (C=O) groups excluding carboxylic acids is 1. The SMILES string of the molecule is Cc1cc(C)c(C(N)=O)c(SCc2ccccc2)n1. The van der Waals surface area contributed by atoms with Crippen molar-refractivity contribution in [3.8, 4) is 0 Å². The Hall–Kier alpha value is -1.81. The molecule has 1 heterocycles. The molecule has 3 nitrogen and oxygen atoms in total. The molecule has 2 rings (SSSR count). The quantitative estimate of drug-likeness (QED) is 0.870. The molecular weight excluding hydrogens is 256 g/mol. The van der Waals surface area contributed by atoms with Crippen LogP contribution in [0.1, 0.15) is 27.2 Å². The van der Waals surface area contributed by atoms with Gasteiger partial charge in [0.25, 0.3) is 5.91 Å². The first kappa shape index (κ1) is 13.6. The molecule has 0 bridgehead atoms. The summed E-state index contributed by atoms with van der Waals surface area (Å²) in [6, 6.07) is 12.0. The summed E-state index contributed by atoms with van der Waals surface area (Å²) in [5, 5.41) is 0.717. The molecule has 2 N–H and O–H groups in total. The largest absolute Gasteiger partial charge is 0.366 e. The van der Waals surface area contributed by atoms with Crippen molar-refractivity contribution in [1.82, 2.24) is 4.98 Å². The van der Waals surface area contributed by atoms with Gasteiger partial charge >= 0.3 is 0 Å². The minimum absolute atomic E-state index is 0.416. The van der Waals surface area contributed by atoms with Gasteiger partial charge in [0.15, 0.2) is 0 Å². The molecule has 1 aromatic heterocycles. The van der Waals surface area contributed by atoms with Crippen molar-refractivity contribution in [1.29, 1.82) is 0 Å². The Morgan fingerprint density at radius 1 is 1.26 bits per heavy atom. The summed E-state index contributed by atoms with van der Waals surface area (Å²) in [5.41, 5.74) is 8.96. The maximum absolute atomic E-state index is 11.5. The van der Waals surface area contributed by atoms with Crippen LogP contribution in [0.5, 0.6) is 0 Å². The number of aromatic nitrogens is 1. The number of nitrogens with zero attached hydrogens (tertiary/aromatic N) is 1. The van der Waals surface area contributed by atoms with Gasteiger partial charge in [0.05, 0.1) is 5.56 Å². The van der Waals surface area contributed by atoms with Crippen LogP contribution >= 0.6 is 11.8 Å². The predicted octanol–water partition coefficient (Wildman–Crippen LogP) is 3.09. The lowest BCUT2D eigenvalue weighted by Crippen LogP contribution is -2.15. The number of rotatable bonds is 4. The Balaban J connectivity index is 2.27. The maximum Gasteiger partial charge on any atom is 0.251 e. The molecule has 1 amide bonds. The van der Waals surface area contributed by atoms with E-state index in [0.717, 1.165) is 17.0 Å². The van der Waals surface area contributed by atoms with Gasteiger partial charge in [-0.15, -0.1) is 11.8 Å². The first-order valence-electron chi connectivity index (χ1n) is 6.02. The van der Waals surface area contributed by atoms with Crippen LogP contribution in [0.15, 0.2) is 41.4 Å². The maximum atomic E-state index is 11.5. The van der Waals surface area contributed by atoms with Gasteiger partial charge in [0, 0.05) is 11.4 Å². The molecule has 4 heteroatoms. The first-order valence-corrected chi connectivity index (χ1v) is 7.01. The van der Waals surface area contributed by atoms with Gasteiger partial charge in [-0.25, -0.2) is 4.98 Å². The first-order chi connectivity index (χ1) is 9.08. The van der Waals surface area contributed by atoms with Crippen LogP contribution in [0.2, 0.25) is 0 Å². The summed E-state index contributed by atoms with van der Waals surface area (Å²) in [6.45, 7) is 3.81. The second kappa shape index (κ2) is 5.89. The van der Waals surface area contributed by atoms with Crippen molar-refractivity contribution in [3.63, 3.8) is 0 Å². The highest BCUT2D eigenvalue weighted by Gasteiger charge is 2.14. The molecule has 0 unspecified atom stereocenters. The second-order valence-electron chi connectivity index (χ2n) is 4.40. The Morgan fingerprint density at radius 2 is 1.95 bits per heavy atom. The standard InChI is InChI=1S/C15H16N2OS/c1-10-8-11(2)17-15(13(10)14(16)18)19-9-12-6-4-3-5-7-12/h3-8H,9H2,1-2H3,(H2,16,18). The molecule has 0 aliphatic carbocycles. The highest BCUT2D eigenvalue weighted by molar-refractivity contribution is 7.98. The van der Waals surface area contributed by atoms with Crippen LogP contribution in [0.25, 0.3) is 0 Å². The lowest BCUT2D eigenvalue weighted by atomic mass is 10.1. The van der Waals surface area contributed by atoms with Crippen molar-refractivity contribution in [2.45, 2.75) is 24.6 Å². The van der Waals surface area contributed by atoms with E-state index in [2.05, 4.69) is 17.1 Å². The molecule has 0 saturated carbocycles. The van der Waals surface area contributed by atoms with Gasteiger partial charge in [0.2, 0.25) is 0 Å². The zero-order chi connectivity index (χ0) is 13.8. The van der Waals surface area contributed by atoms with Crippen LogP contribution in [0.3, 0.4) is 0 Å². The predicted molar refractivity (Wildman–Crippen MR) is 78.2 cm³/mol. The Morgan fingerprint density at radius 3 is 2.58 bits per heavy atom. The Labute approximate surface area is 117 Å². The van der Waals surface area contributed by atoms with E-state index in [1.165, 1.54) is 5.56 Å². The minimum Gasteiger partial charge on any atom is -0.366 e. The van der Waals surface area contributed by atoms with E-state index in [-0.39, 0.29) is 0 Å². The molecule has 0 fully saturated rings. The Bertz CT molecular complexity index is 597. The van der Waals surface area contributed by atoms with Gasteiger partial charge < -0.3 is 5.73 Å². The summed E-state index contributed by atoms with van der Waals surface area (Å²) >= 11 is 1.54. The second-order valence-corrected chi connectivity index (χ2v) is 5.36. The molecule has 0 aliphatic rings. The van der Waals surface area contributed by atoms with E-state index in [1.54, 1.807) is 11.8 Å². The third kappa shape index (κ3) is 3.35. The molecule has 1 aromatic carbocycles. The van der Waals surface area contributed by atoms with Crippen molar-refractivity contribution >= 4 is 17.7 Å². The fourth-order valence-electron chi connectivity index (χ4n) is 1.93. The smallest absolute Gasteiger partial charge is 0.251 e. The van der Waals surface area contributed by atoms with Gasteiger partial charge in [0.1, 0.15) is 5.03 Å². The molecule has 0 radical (unpaired) electrons. The number of carbonyl (C=O) groups is 1. The van der Waals surface area contributed by atoms with E-state index >= 15 is 0 Å². The zero-order valence-corrected chi connectivity index (χ0v) is 11.8. The topological polar surface area (TPSA) is 56.0 Å². The van der Waals surface area contributed by atoms with Crippen LogP contribution in [-0.4, -0.2) is 10.9 Å². The van der Waals surface area contributed by atoms with Gasteiger partial charge in [-0.3, -0.25) is 4.79 Å². The number of hydrogen-bond donors (Lipinski definition) is 1. The summed E-state index contributed by atoms with van der Waals surface area (Å²) in [5.74, 6) is 0.359. The average molecular weight is 272 g/mol. The minimum atomic E-state index is -0.416. The lowest BCUT2D eigenvalue weighted by Gasteiger charge is -2.10. The number of hydrogen-bond acceptors (Lipinski definition) is 3. The third-order valence-electron chi connectivity index (χ3n) is 2.78. The lowest BCUT2D eigenvalue weighted by molar-refractivity contribution is 0.0996. The Kier molecular flexibility index (Phi) is 4.22. The molecule has 0 atom stereocenters. The van der Waals surface area contributed by atoms with Crippen molar-refractivity contribution in [2.24, 2.45) is 5.73 Å². The molecular formula is C15H16N2OS. The van der Waals surface area contributed by atoms with Crippen molar-refractivity contribution < 1.29 is 4.79 Å². The molecule has 0 saturated heterocycles. The van der Waals surface area contributed by atoms with Gasteiger partial charge in [-0.1, -0.05) is 30.3 Å². The molecule has 0 aliphatic heterocycles. The van der Waals surface area contributed by atoms with E-state index in [9.17, 15) is 4.79 Å². The summed E-state index contributed by atoms with van der Waals surface area (Å²) in [7, 11) is 0. The van der Waals surface area contributed by atoms with E-state index in [4.69, 9.17) is 5.73 Å². The monoisotopic (exact) mass is 272 g/mol. The zero-order valence-electron chi connectivity index (χ0n) is 11.0. The number of primary amides is 1. The summed E-state index contributed by atoms with van der Waals surface area (Å²) in [4.78, 5) is 16.0. The van der Waals surface area contributed by atoms with Crippen molar-refractivity contribution in [3.05, 3.63) is 58.8 Å². The number of pyridine rings is 1. The average Bonchev–Trinajstić information content (AvgIpc) is 2.36. The van der Waals surface area contributed by atoms with E-state index in [1.807, 2.05) is 38.1 Å². The molecule has 98 valence electrons. The highest BCUT2D eigenvalue weighted by atomic mass is 32.2. The van der Waals surface area contributed by atoms with Crippen LogP contribution in [0, 0.1) is 13.8 Å². The third-order valence-corrected chi connectivity index (χ3v) is 3.82. The fourth-order valence-corrected chi connectivity index (χ4v) is 3.04. The van der Waals surface area contributed by atoms with Crippen molar-refractivity contribution in [2.75, 3.05) is 0 Å². The van der Waals surface area contributed by atoms with Gasteiger partial charge in [-0.05, 0) is 31.0 Å². The summed E-state index contributed by atoms with van der Waals surface area (Å²) in [6.07, 6.45) is 0. The number of nitrogens with two attached hydrogens (primary N) is 1. The molecule has 19 heavy (non-hydrogen) atoms. The van der Waals surface area contributed by atoms with E-state index in [0.29, 0.717) is 10.6 Å². The highest BCUT2D eigenvalue weighted by Crippen LogP contribution is 2.26. The number of benzene rings is 1. The van der Waals surface area contributed by atoms with Crippen LogP contribution < -0.4 is 5.73 Å². The molecule has 2 aromatic rings. The number of thioether (sulfide) groups is 1. The molecule has 0 spiro atoms. The fraction of sp³-hybridized carbons (Fsp3) is 0.200. The van der Waals surface area contributed by atoms with Crippen LogP contribution in [0.4, 0.5) is 0 Å². The normalized spacial score (nSPS) is 10.4. The number of amides is 1. The van der Waals surface area contributed by atoms with Gasteiger partial charge in [-0.2, -0.15) is 0 Å².